The molecule has 0 aliphatic carbocycles. The van der Waals surface area contributed by atoms with Crippen molar-refractivity contribution in [3.63, 3.8) is 0 Å². The third-order valence-electron chi connectivity index (χ3n) is 7.37. The number of hydrogen-bond donors (Lipinski definition) is 1. The van der Waals surface area contributed by atoms with Crippen LogP contribution < -0.4 is 10.1 Å². The molecule has 0 spiro atoms. The molecule has 214 valence electrons. The molecule has 2 heterocycles. The van der Waals surface area contributed by atoms with Crippen LogP contribution in [0.25, 0.3) is 0 Å². The van der Waals surface area contributed by atoms with Crippen molar-refractivity contribution >= 4 is 0 Å². The third-order valence-corrected chi connectivity index (χ3v) is 7.37. The lowest BCUT2D eigenvalue weighted by Gasteiger charge is -2.33. The summed E-state index contributed by atoms with van der Waals surface area (Å²) in [5.41, 5.74) is 5.88. The van der Waals surface area contributed by atoms with E-state index in [9.17, 15) is 0 Å². The Morgan fingerprint density at radius 2 is 1.46 bits per heavy atom. The molecule has 2 unspecified atom stereocenters. The van der Waals surface area contributed by atoms with E-state index in [2.05, 4.69) is 71.0 Å². The average molecular weight is 553 g/mol. The Labute approximate surface area is 243 Å². The second-order valence-corrected chi connectivity index (χ2v) is 10.4. The van der Waals surface area contributed by atoms with Gasteiger partial charge < -0.3 is 24.3 Å². The molecule has 4 aromatic rings. The summed E-state index contributed by atoms with van der Waals surface area (Å²) in [6.07, 6.45) is 5.61. The highest BCUT2D eigenvalue weighted by Crippen LogP contribution is 2.30. The van der Waals surface area contributed by atoms with Crippen molar-refractivity contribution in [3.05, 3.63) is 131 Å². The summed E-state index contributed by atoms with van der Waals surface area (Å²) in [7, 11) is 0. The first-order valence-corrected chi connectivity index (χ1v) is 14.6. The Hall–Kier alpha value is -3.55. The number of aromatic nitrogens is 1. The third kappa shape index (κ3) is 9.23. The van der Waals surface area contributed by atoms with E-state index in [1.807, 2.05) is 36.5 Å². The normalized spacial score (nSPS) is 16.9. The lowest BCUT2D eigenvalue weighted by molar-refractivity contribution is 0.00932. The summed E-state index contributed by atoms with van der Waals surface area (Å²) in [6.45, 7) is 5.43. The van der Waals surface area contributed by atoms with Crippen molar-refractivity contribution in [2.45, 2.75) is 51.3 Å². The van der Waals surface area contributed by atoms with Gasteiger partial charge in [0.05, 0.1) is 45.7 Å². The smallest absolute Gasteiger partial charge is 0.119 e. The molecule has 0 bridgehead atoms. The number of nitrogens with one attached hydrogen (secondary N) is 1. The molecule has 6 heteroatoms. The SMILES string of the molecule is c1ccc(COCCCOc2ccc(C3CCNCC3OCc3ccccc3COCc3cccnc3)cc2)cc1. The number of ether oxygens (including phenoxy) is 4. The van der Waals surface area contributed by atoms with Crippen molar-refractivity contribution in [1.82, 2.24) is 10.3 Å². The van der Waals surface area contributed by atoms with Gasteiger partial charge >= 0.3 is 0 Å². The number of nitrogens with zero attached hydrogens (tertiary/aromatic N) is 1. The van der Waals surface area contributed by atoms with Crippen LogP contribution in [0.4, 0.5) is 0 Å². The van der Waals surface area contributed by atoms with E-state index in [-0.39, 0.29) is 6.10 Å². The number of hydrogen-bond acceptors (Lipinski definition) is 6. The maximum atomic E-state index is 6.53. The number of pyridine rings is 1. The van der Waals surface area contributed by atoms with Gasteiger partial charge in [-0.1, -0.05) is 72.8 Å². The van der Waals surface area contributed by atoms with Gasteiger partial charge in [0.1, 0.15) is 5.75 Å². The van der Waals surface area contributed by atoms with Crippen LogP contribution in [0.2, 0.25) is 0 Å². The molecule has 1 fully saturated rings. The van der Waals surface area contributed by atoms with Crippen LogP contribution in [0, 0.1) is 0 Å². The number of rotatable bonds is 15. The second-order valence-electron chi connectivity index (χ2n) is 10.4. The molecular formula is C35H40N2O4. The molecular weight excluding hydrogens is 512 g/mol. The molecule has 1 aromatic heterocycles. The Morgan fingerprint density at radius 3 is 2.27 bits per heavy atom. The van der Waals surface area contributed by atoms with E-state index in [1.165, 1.54) is 16.7 Å². The molecule has 3 aromatic carbocycles. The van der Waals surface area contributed by atoms with Gasteiger partial charge in [0, 0.05) is 31.3 Å². The lowest BCUT2D eigenvalue weighted by Crippen LogP contribution is -2.41. The first kappa shape index (κ1) is 29.0. The predicted octanol–water partition coefficient (Wildman–Crippen LogP) is 6.45. The molecule has 0 amide bonds. The van der Waals surface area contributed by atoms with Crippen molar-refractivity contribution in [2.75, 3.05) is 26.3 Å². The van der Waals surface area contributed by atoms with Crippen LogP contribution in [-0.4, -0.2) is 37.4 Å². The maximum Gasteiger partial charge on any atom is 0.119 e. The minimum atomic E-state index is 0.0987. The topological polar surface area (TPSA) is 61.8 Å². The lowest BCUT2D eigenvalue weighted by atomic mass is 9.87. The fraction of sp³-hybridized carbons (Fsp3) is 0.343. The quantitative estimate of drug-likeness (QED) is 0.171. The predicted molar refractivity (Wildman–Crippen MR) is 161 cm³/mol. The van der Waals surface area contributed by atoms with Crippen LogP contribution >= 0.6 is 0 Å². The largest absolute Gasteiger partial charge is 0.494 e. The molecule has 0 saturated carbocycles. The Bertz CT molecular complexity index is 1280. The van der Waals surface area contributed by atoms with Gasteiger partial charge in [-0.25, -0.2) is 0 Å². The van der Waals surface area contributed by atoms with E-state index < -0.39 is 0 Å². The molecule has 1 aliphatic heterocycles. The highest BCUT2D eigenvalue weighted by atomic mass is 16.5. The van der Waals surface area contributed by atoms with Crippen molar-refractivity contribution in [1.29, 1.82) is 0 Å². The van der Waals surface area contributed by atoms with E-state index in [1.54, 1.807) is 6.20 Å². The molecule has 5 rings (SSSR count). The second kappa shape index (κ2) is 16.0. The Kier molecular flexibility index (Phi) is 11.3. The van der Waals surface area contributed by atoms with Gasteiger partial charge in [-0.3, -0.25) is 4.98 Å². The van der Waals surface area contributed by atoms with Crippen molar-refractivity contribution in [2.24, 2.45) is 0 Å². The van der Waals surface area contributed by atoms with Gasteiger partial charge in [-0.15, -0.1) is 0 Å². The van der Waals surface area contributed by atoms with Crippen molar-refractivity contribution in [3.8, 4) is 5.75 Å². The van der Waals surface area contributed by atoms with Crippen LogP contribution in [0.3, 0.4) is 0 Å². The summed E-state index contributed by atoms with van der Waals surface area (Å²) in [5, 5.41) is 3.51. The molecule has 0 radical (unpaired) electrons. The average Bonchev–Trinajstić information content (AvgIpc) is 3.04. The van der Waals surface area contributed by atoms with Crippen LogP contribution in [0.15, 0.2) is 103 Å². The van der Waals surface area contributed by atoms with Crippen LogP contribution in [0.1, 0.15) is 46.6 Å². The number of benzene rings is 3. The van der Waals surface area contributed by atoms with E-state index in [0.717, 1.165) is 42.8 Å². The van der Waals surface area contributed by atoms with Crippen LogP contribution in [0.5, 0.6) is 5.75 Å². The fourth-order valence-corrected chi connectivity index (χ4v) is 5.11. The molecule has 1 saturated heterocycles. The molecule has 1 N–H and O–H groups in total. The highest BCUT2D eigenvalue weighted by Gasteiger charge is 2.27. The Morgan fingerprint density at radius 1 is 0.707 bits per heavy atom. The fourth-order valence-electron chi connectivity index (χ4n) is 5.11. The van der Waals surface area contributed by atoms with Crippen LogP contribution in [-0.2, 0) is 40.6 Å². The van der Waals surface area contributed by atoms with Gasteiger partial charge in [0.2, 0.25) is 0 Å². The van der Waals surface area contributed by atoms with E-state index in [4.69, 9.17) is 18.9 Å². The van der Waals surface area contributed by atoms with Crippen molar-refractivity contribution < 1.29 is 18.9 Å². The zero-order valence-corrected chi connectivity index (χ0v) is 23.6. The minimum Gasteiger partial charge on any atom is -0.494 e. The first-order valence-electron chi connectivity index (χ1n) is 14.6. The standard InChI is InChI=1S/C35H40N2O4/c1-2-8-28(9-3-1)24-38-20-7-21-40-33-15-13-30(14-16-33)34-17-19-37-23-35(34)41-27-32-12-5-4-11-31(32)26-39-25-29-10-6-18-36-22-29/h1-6,8-16,18,22,34-35,37H,7,17,19-21,23-27H2. The zero-order chi connectivity index (χ0) is 28.0. The van der Waals surface area contributed by atoms with Gasteiger partial charge in [-0.2, -0.15) is 0 Å². The summed E-state index contributed by atoms with van der Waals surface area (Å²) in [4.78, 5) is 4.16. The van der Waals surface area contributed by atoms with Gasteiger partial charge in [0.25, 0.3) is 0 Å². The molecule has 1 aliphatic rings. The first-order chi connectivity index (χ1) is 20.3. The minimum absolute atomic E-state index is 0.0987. The zero-order valence-electron chi connectivity index (χ0n) is 23.6. The summed E-state index contributed by atoms with van der Waals surface area (Å²) < 4.78 is 24.2. The molecule has 6 nitrogen and oxygen atoms in total. The maximum absolute atomic E-state index is 6.53. The van der Waals surface area contributed by atoms with Gasteiger partial charge in [-0.05, 0) is 59.0 Å². The summed E-state index contributed by atoms with van der Waals surface area (Å²) in [5.74, 6) is 1.23. The molecule has 41 heavy (non-hydrogen) atoms. The Balaban J connectivity index is 1.07. The monoisotopic (exact) mass is 552 g/mol. The highest BCUT2D eigenvalue weighted by molar-refractivity contribution is 5.31. The number of piperidine rings is 1. The van der Waals surface area contributed by atoms with E-state index >= 15 is 0 Å². The molecule has 2 atom stereocenters. The summed E-state index contributed by atoms with van der Waals surface area (Å²) >= 11 is 0. The van der Waals surface area contributed by atoms with E-state index in [0.29, 0.717) is 45.6 Å². The summed E-state index contributed by atoms with van der Waals surface area (Å²) in [6, 6.07) is 31.1. The van der Waals surface area contributed by atoms with Gasteiger partial charge in [0.15, 0.2) is 0 Å².